The van der Waals surface area contributed by atoms with Gasteiger partial charge in [0.2, 0.25) is 0 Å². The number of aliphatic carboxylic acids is 1. The van der Waals surface area contributed by atoms with Crippen LogP contribution in [0.4, 0.5) is 5.69 Å². The molecule has 0 bridgehead atoms. The van der Waals surface area contributed by atoms with Gasteiger partial charge in [-0.15, -0.1) is 0 Å². The van der Waals surface area contributed by atoms with Gasteiger partial charge in [0.15, 0.2) is 0 Å². The van der Waals surface area contributed by atoms with Crippen LogP contribution in [-0.4, -0.2) is 46.2 Å². The molecule has 0 aliphatic heterocycles. The summed E-state index contributed by atoms with van der Waals surface area (Å²) in [5, 5.41) is 21.5. The second kappa shape index (κ2) is 7.24. The van der Waals surface area contributed by atoms with Gasteiger partial charge in [-0.05, 0) is 6.92 Å². The first-order chi connectivity index (χ1) is 9.45. The number of amides is 1. The van der Waals surface area contributed by atoms with Crippen LogP contribution in [0, 0.1) is 10.1 Å². The molecule has 0 aromatic carbocycles. The van der Waals surface area contributed by atoms with Crippen LogP contribution in [0.2, 0.25) is 0 Å². The topological polar surface area (TPSA) is 124 Å². The maximum atomic E-state index is 11.8. The minimum atomic E-state index is -1.09. The zero-order valence-electron chi connectivity index (χ0n) is 10.9. The quantitative estimate of drug-likeness (QED) is 0.401. The van der Waals surface area contributed by atoms with Crippen molar-refractivity contribution in [2.24, 2.45) is 0 Å². The van der Waals surface area contributed by atoms with E-state index in [9.17, 15) is 19.7 Å². The predicted octanol–water partition coefficient (Wildman–Crippen LogP) is 0.247. The fraction of sp³-hybridized carbons (Fsp3) is 0.455. The second-order valence-electron chi connectivity index (χ2n) is 3.83. The lowest BCUT2D eigenvalue weighted by Gasteiger charge is -2.07. The molecule has 0 fully saturated rings. The third kappa shape index (κ3) is 4.35. The number of aryl methyl sites for hydroxylation is 1. The van der Waals surface area contributed by atoms with Crippen LogP contribution >= 0.6 is 0 Å². The molecule has 1 rings (SSSR count). The average molecular weight is 285 g/mol. The van der Waals surface area contributed by atoms with E-state index in [-0.39, 0.29) is 24.5 Å². The summed E-state index contributed by atoms with van der Waals surface area (Å²) in [4.78, 5) is 32.1. The summed E-state index contributed by atoms with van der Waals surface area (Å²) in [5.74, 6) is -1.56. The number of aromatic nitrogens is 1. The average Bonchev–Trinajstić information content (AvgIpc) is 2.82. The Bertz CT molecular complexity index is 510. The molecule has 1 amide bonds. The smallest absolute Gasteiger partial charge is 0.329 e. The Morgan fingerprint density at radius 1 is 1.55 bits per heavy atom. The number of carboxylic acid groups (broad SMARTS) is 1. The van der Waals surface area contributed by atoms with Crippen molar-refractivity contribution in [1.82, 2.24) is 9.88 Å². The predicted molar refractivity (Wildman–Crippen MR) is 67.5 cm³/mol. The van der Waals surface area contributed by atoms with Crippen molar-refractivity contribution in [3.8, 4) is 0 Å². The van der Waals surface area contributed by atoms with Gasteiger partial charge in [-0.1, -0.05) is 0 Å². The Kier molecular flexibility index (Phi) is 5.66. The molecular weight excluding hydrogens is 270 g/mol. The van der Waals surface area contributed by atoms with Crippen molar-refractivity contribution in [2.75, 3.05) is 19.8 Å². The highest BCUT2D eigenvalue weighted by Gasteiger charge is 2.18. The van der Waals surface area contributed by atoms with Gasteiger partial charge in [-0.2, -0.15) is 0 Å². The Morgan fingerprint density at radius 3 is 2.80 bits per heavy atom. The molecule has 1 aromatic rings. The van der Waals surface area contributed by atoms with Crippen LogP contribution in [0.3, 0.4) is 0 Å². The number of carboxylic acids is 1. The van der Waals surface area contributed by atoms with Crippen molar-refractivity contribution in [1.29, 1.82) is 0 Å². The van der Waals surface area contributed by atoms with E-state index in [0.29, 0.717) is 6.54 Å². The number of carbonyl (C=O) groups excluding carboxylic acids is 1. The molecule has 1 aromatic heterocycles. The minimum Gasteiger partial charge on any atom is -0.480 e. The molecule has 0 spiro atoms. The Morgan fingerprint density at radius 2 is 2.25 bits per heavy atom. The monoisotopic (exact) mass is 285 g/mol. The normalized spacial score (nSPS) is 10.2. The summed E-state index contributed by atoms with van der Waals surface area (Å²) >= 11 is 0. The van der Waals surface area contributed by atoms with Gasteiger partial charge in [0.05, 0.1) is 17.7 Å². The minimum absolute atomic E-state index is 0.0486. The zero-order chi connectivity index (χ0) is 15.1. The highest BCUT2D eigenvalue weighted by atomic mass is 16.6. The molecule has 9 nitrogen and oxygen atoms in total. The maximum Gasteiger partial charge on any atom is 0.329 e. The summed E-state index contributed by atoms with van der Waals surface area (Å²) in [7, 11) is 0. The van der Waals surface area contributed by atoms with Crippen molar-refractivity contribution in [3.05, 3.63) is 28.1 Å². The van der Waals surface area contributed by atoms with Gasteiger partial charge in [0, 0.05) is 19.2 Å². The Hall–Kier alpha value is -2.42. The first-order valence-electron chi connectivity index (χ1n) is 5.88. The maximum absolute atomic E-state index is 11.8. The molecule has 20 heavy (non-hydrogen) atoms. The number of carbonyl (C=O) groups is 2. The molecule has 0 radical (unpaired) electrons. The third-order valence-electron chi connectivity index (χ3n) is 2.42. The molecule has 0 saturated carbocycles. The number of hydrogen-bond acceptors (Lipinski definition) is 5. The lowest BCUT2D eigenvalue weighted by molar-refractivity contribution is -0.384. The molecule has 0 unspecified atom stereocenters. The highest BCUT2D eigenvalue weighted by Crippen LogP contribution is 2.16. The summed E-state index contributed by atoms with van der Waals surface area (Å²) in [6.07, 6.45) is 1.29. The largest absolute Gasteiger partial charge is 0.480 e. The standard InChI is InChI=1S/C11H15N3O6/c1-2-13-6-8(14(18)19)5-9(13)11(17)12-3-4-20-7-10(15)16/h5-6H,2-4,7H2,1H3,(H,12,17)(H,15,16). The van der Waals surface area contributed by atoms with Crippen LogP contribution in [0.5, 0.6) is 0 Å². The van der Waals surface area contributed by atoms with Crippen molar-refractivity contribution in [2.45, 2.75) is 13.5 Å². The molecule has 1 heterocycles. The fourth-order valence-electron chi connectivity index (χ4n) is 1.53. The first kappa shape index (κ1) is 15.6. The molecule has 2 N–H and O–H groups in total. The number of nitrogens with one attached hydrogen (secondary N) is 1. The van der Waals surface area contributed by atoms with Gasteiger partial charge < -0.3 is 19.7 Å². The van der Waals surface area contributed by atoms with Gasteiger partial charge in [-0.3, -0.25) is 14.9 Å². The Labute approximate surface area is 114 Å². The van der Waals surface area contributed by atoms with Crippen LogP contribution < -0.4 is 5.32 Å². The second-order valence-corrected chi connectivity index (χ2v) is 3.83. The van der Waals surface area contributed by atoms with Crippen LogP contribution in [0.25, 0.3) is 0 Å². The molecule has 0 aliphatic carbocycles. The van der Waals surface area contributed by atoms with Gasteiger partial charge in [0.25, 0.3) is 11.6 Å². The van der Waals surface area contributed by atoms with E-state index < -0.39 is 23.4 Å². The number of nitro groups is 1. The van der Waals surface area contributed by atoms with Crippen molar-refractivity contribution < 1.29 is 24.4 Å². The van der Waals surface area contributed by atoms with E-state index in [1.54, 1.807) is 6.92 Å². The third-order valence-corrected chi connectivity index (χ3v) is 2.42. The summed E-state index contributed by atoms with van der Waals surface area (Å²) in [6.45, 7) is 1.91. The van der Waals surface area contributed by atoms with Crippen LogP contribution in [-0.2, 0) is 16.1 Å². The molecule has 9 heteroatoms. The summed E-state index contributed by atoms with van der Waals surface area (Å²) in [6, 6.07) is 1.19. The van der Waals surface area contributed by atoms with E-state index in [1.807, 2.05) is 0 Å². The highest BCUT2D eigenvalue weighted by molar-refractivity contribution is 5.93. The van der Waals surface area contributed by atoms with Gasteiger partial charge in [-0.25, -0.2) is 4.79 Å². The van der Waals surface area contributed by atoms with E-state index in [4.69, 9.17) is 9.84 Å². The summed E-state index contributed by atoms with van der Waals surface area (Å²) in [5.41, 5.74) is 0.0246. The van der Waals surface area contributed by atoms with E-state index >= 15 is 0 Å². The molecule has 0 aliphatic rings. The lowest BCUT2D eigenvalue weighted by Crippen LogP contribution is -2.29. The summed E-state index contributed by atoms with van der Waals surface area (Å²) < 4.78 is 6.22. The Balaban J connectivity index is 2.54. The zero-order valence-corrected chi connectivity index (χ0v) is 10.9. The molecule has 0 saturated heterocycles. The van der Waals surface area contributed by atoms with E-state index in [0.717, 1.165) is 0 Å². The molecule has 110 valence electrons. The van der Waals surface area contributed by atoms with Crippen LogP contribution in [0.1, 0.15) is 17.4 Å². The molecule has 0 atom stereocenters. The van der Waals surface area contributed by atoms with Crippen molar-refractivity contribution >= 4 is 17.6 Å². The number of rotatable bonds is 8. The lowest BCUT2D eigenvalue weighted by atomic mass is 10.3. The first-order valence-corrected chi connectivity index (χ1v) is 5.88. The van der Waals surface area contributed by atoms with Crippen LogP contribution in [0.15, 0.2) is 12.3 Å². The number of hydrogen-bond donors (Lipinski definition) is 2. The SMILES string of the molecule is CCn1cc([N+](=O)[O-])cc1C(=O)NCCOCC(=O)O. The number of nitrogens with zero attached hydrogens (tertiary/aromatic N) is 2. The molecular formula is C11H15N3O6. The van der Waals surface area contributed by atoms with Gasteiger partial charge >= 0.3 is 5.97 Å². The van der Waals surface area contributed by atoms with E-state index in [2.05, 4.69) is 5.32 Å². The van der Waals surface area contributed by atoms with Crippen molar-refractivity contribution in [3.63, 3.8) is 0 Å². The van der Waals surface area contributed by atoms with E-state index in [1.165, 1.54) is 16.8 Å². The fourth-order valence-corrected chi connectivity index (χ4v) is 1.53. The number of ether oxygens (including phenoxy) is 1. The van der Waals surface area contributed by atoms with Gasteiger partial charge in [0.1, 0.15) is 12.3 Å².